The highest BCUT2D eigenvalue weighted by molar-refractivity contribution is 7.80. The maximum Gasteiger partial charge on any atom is 0.573 e. The van der Waals surface area contributed by atoms with Gasteiger partial charge in [0.2, 0.25) is 0 Å². The van der Waals surface area contributed by atoms with Crippen LogP contribution in [0.4, 0.5) is 13.2 Å². The van der Waals surface area contributed by atoms with Crippen LogP contribution in [0, 0.1) is 0 Å². The Balaban J connectivity index is 2.47. The summed E-state index contributed by atoms with van der Waals surface area (Å²) in [4.78, 5) is 0.545. The lowest BCUT2D eigenvalue weighted by molar-refractivity contribution is -0.274. The second-order valence-electron chi connectivity index (χ2n) is 3.63. The molecule has 1 aromatic heterocycles. The number of aromatic nitrogens is 2. The Hall–Kier alpha value is -1.63. The highest BCUT2D eigenvalue weighted by Gasteiger charge is 2.32. The molecule has 0 radical (unpaired) electrons. The Kier molecular flexibility index (Phi) is 3.25. The van der Waals surface area contributed by atoms with Crippen LogP contribution >= 0.6 is 12.6 Å². The summed E-state index contributed by atoms with van der Waals surface area (Å²) in [5, 5.41) is 3.92. The van der Waals surface area contributed by atoms with Gasteiger partial charge in [0.25, 0.3) is 0 Å². The number of hydrogen-bond acceptors (Lipinski definition) is 3. The van der Waals surface area contributed by atoms with Crippen LogP contribution in [0.2, 0.25) is 0 Å². The Bertz CT molecular complexity index is 566. The van der Waals surface area contributed by atoms with E-state index >= 15 is 0 Å². The van der Waals surface area contributed by atoms with Crippen molar-refractivity contribution in [3.05, 3.63) is 30.6 Å². The maximum atomic E-state index is 12.3. The fourth-order valence-corrected chi connectivity index (χ4v) is 1.72. The molecule has 0 unspecified atom stereocenters. The van der Waals surface area contributed by atoms with Crippen LogP contribution < -0.4 is 4.74 Å². The smallest absolute Gasteiger partial charge is 0.405 e. The summed E-state index contributed by atoms with van der Waals surface area (Å²) in [6.45, 7) is 0. The predicted octanol–water partition coefficient (Wildman–Crippen LogP) is 3.27. The summed E-state index contributed by atoms with van der Waals surface area (Å²) < 4.78 is 42.3. The molecule has 96 valence electrons. The van der Waals surface area contributed by atoms with Gasteiger partial charge < -0.3 is 4.74 Å². The molecule has 18 heavy (non-hydrogen) atoms. The van der Waals surface area contributed by atoms with E-state index in [2.05, 4.69) is 22.5 Å². The van der Waals surface area contributed by atoms with Gasteiger partial charge in [-0.15, -0.1) is 25.8 Å². The van der Waals surface area contributed by atoms with Gasteiger partial charge in [-0.25, -0.2) is 0 Å². The average Bonchev–Trinajstić information content (AvgIpc) is 2.65. The Morgan fingerprint density at radius 2 is 2.06 bits per heavy atom. The van der Waals surface area contributed by atoms with Gasteiger partial charge in [-0.3, -0.25) is 4.68 Å². The van der Waals surface area contributed by atoms with Crippen molar-refractivity contribution in [1.29, 1.82) is 0 Å². The average molecular weight is 274 g/mol. The molecule has 1 aromatic carbocycles. The zero-order valence-corrected chi connectivity index (χ0v) is 10.2. The van der Waals surface area contributed by atoms with E-state index in [9.17, 15) is 13.2 Å². The van der Waals surface area contributed by atoms with E-state index in [1.807, 2.05) is 0 Å². The number of nitrogens with zero attached hydrogens (tertiary/aromatic N) is 2. The first kappa shape index (κ1) is 12.8. The van der Waals surface area contributed by atoms with E-state index in [0.717, 1.165) is 0 Å². The lowest BCUT2D eigenvalue weighted by Gasteiger charge is -2.12. The molecule has 2 aromatic rings. The van der Waals surface area contributed by atoms with E-state index in [1.165, 1.54) is 29.1 Å². The Morgan fingerprint density at radius 3 is 2.61 bits per heavy atom. The molecule has 0 spiro atoms. The lowest BCUT2D eigenvalue weighted by atomic mass is 10.1. The quantitative estimate of drug-likeness (QED) is 0.851. The van der Waals surface area contributed by atoms with Gasteiger partial charge in [-0.1, -0.05) is 0 Å². The molecular weight excluding hydrogens is 265 g/mol. The van der Waals surface area contributed by atoms with Crippen LogP contribution in [0.15, 0.2) is 35.5 Å². The van der Waals surface area contributed by atoms with Crippen molar-refractivity contribution >= 4 is 12.6 Å². The molecule has 7 heteroatoms. The summed E-state index contributed by atoms with van der Waals surface area (Å²) in [6.07, 6.45) is -1.66. The highest BCUT2D eigenvalue weighted by atomic mass is 32.1. The Morgan fingerprint density at radius 1 is 1.33 bits per heavy atom. The van der Waals surface area contributed by atoms with Crippen LogP contribution in [-0.2, 0) is 7.05 Å². The molecular formula is C11H9F3N2OS. The molecule has 0 atom stereocenters. The molecule has 0 amide bonds. The fourth-order valence-electron chi connectivity index (χ4n) is 1.52. The standard InChI is InChI=1S/C11H9F3N2OS/c1-16-6-7(5-15-16)9-4-8(18)2-3-10(9)17-11(12,13)14/h2-6,18H,1H3. The van der Waals surface area contributed by atoms with Gasteiger partial charge in [-0.05, 0) is 18.2 Å². The van der Waals surface area contributed by atoms with Gasteiger partial charge in [-0.2, -0.15) is 5.10 Å². The number of halogens is 3. The molecule has 0 N–H and O–H groups in total. The van der Waals surface area contributed by atoms with Gasteiger partial charge in [0.15, 0.2) is 0 Å². The van der Waals surface area contributed by atoms with Gasteiger partial charge in [0.1, 0.15) is 5.75 Å². The van der Waals surface area contributed by atoms with Crippen molar-refractivity contribution in [2.75, 3.05) is 0 Å². The van der Waals surface area contributed by atoms with Crippen molar-refractivity contribution in [2.45, 2.75) is 11.3 Å². The zero-order chi connectivity index (χ0) is 13.3. The molecule has 2 rings (SSSR count). The molecule has 0 saturated carbocycles. The first-order valence-corrected chi connectivity index (χ1v) is 5.38. The third kappa shape index (κ3) is 2.98. The van der Waals surface area contributed by atoms with Crippen molar-refractivity contribution in [2.24, 2.45) is 7.05 Å². The SMILES string of the molecule is Cn1cc(-c2cc(S)ccc2OC(F)(F)F)cn1. The minimum Gasteiger partial charge on any atom is -0.405 e. The third-order valence-electron chi connectivity index (χ3n) is 2.20. The number of alkyl halides is 3. The fraction of sp³-hybridized carbons (Fsp3) is 0.182. The van der Waals surface area contributed by atoms with Crippen molar-refractivity contribution in [1.82, 2.24) is 9.78 Å². The summed E-state index contributed by atoms with van der Waals surface area (Å²) in [6, 6.07) is 4.17. The highest BCUT2D eigenvalue weighted by Crippen LogP contribution is 2.35. The van der Waals surface area contributed by atoms with E-state index in [4.69, 9.17) is 0 Å². The topological polar surface area (TPSA) is 27.1 Å². The molecule has 1 heterocycles. The van der Waals surface area contributed by atoms with Gasteiger partial charge in [0, 0.05) is 29.3 Å². The second kappa shape index (κ2) is 4.56. The third-order valence-corrected chi connectivity index (χ3v) is 2.48. The van der Waals surface area contributed by atoms with Gasteiger partial charge >= 0.3 is 6.36 Å². The van der Waals surface area contributed by atoms with Crippen LogP contribution in [-0.4, -0.2) is 16.1 Å². The normalized spacial score (nSPS) is 11.6. The van der Waals surface area contributed by atoms with Crippen molar-refractivity contribution in [3.63, 3.8) is 0 Å². The van der Waals surface area contributed by atoms with E-state index in [-0.39, 0.29) is 5.75 Å². The minimum absolute atomic E-state index is 0.270. The summed E-state index contributed by atoms with van der Waals surface area (Å²) in [7, 11) is 1.68. The predicted molar refractivity (Wildman–Crippen MR) is 62.6 cm³/mol. The number of aryl methyl sites for hydroxylation is 1. The molecule has 0 saturated heterocycles. The van der Waals surface area contributed by atoms with Crippen LogP contribution in [0.3, 0.4) is 0 Å². The molecule has 0 aliphatic carbocycles. The summed E-state index contributed by atoms with van der Waals surface area (Å²) in [5.41, 5.74) is 0.834. The zero-order valence-electron chi connectivity index (χ0n) is 9.27. The second-order valence-corrected chi connectivity index (χ2v) is 4.15. The van der Waals surface area contributed by atoms with E-state index in [1.54, 1.807) is 13.2 Å². The number of thiol groups is 1. The molecule has 0 fully saturated rings. The number of rotatable bonds is 2. The maximum absolute atomic E-state index is 12.3. The number of ether oxygens (including phenoxy) is 1. The monoisotopic (exact) mass is 274 g/mol. The molecule has 0 aliphatic heterocycles. The molecule has 3 nitrogen and oxygen atoms in total. The number of benzene rings is 1. The summed E-state index contributed by atoms with van der Waals surface area (Å²) >= 11 is 4.11. The van der Waals surface area contributed by atoms with E-state index < -0.39 is 6.36 Å². The van der Waals surface area contributed by atoms with Crippen LogP contribution in [0.5, 0.6) is 5.75 Å². The minimum atomic E-state index is -4.73. The van der Waals surface area contributed by atoms with Crippen LogP contribution in [0.1, 0.15) is 0 Å². The molecule has 0 bridgehead atoms. The first-order chi connectivity index (χ1) is 8.35. The van der Waals surface area contributed by atoms with Crippen LogP contribution in [0.25, 0.3) is 11.1 Å². The first-order valence-electron chi connectivity index (χ1n) is 4.93. The lowest BCUT2D eigenvalue weighted by Crippen LogP contribution is -2.17. The largest absolute Gasteiger partial charge is 0.573 e. The van der Waals surface area contributed by atoms with Crippen molar-refractivity contribution < 1.29 is 17.9 Å². The van der Waals surface area contributed by atoms with E-state index in [0.29, 0.717) is 16.0 Å². The number of hydrogen-bond donors (Lipinski definition) is 1. The van der Waals surface area contributed by atoms with Crippen molar-refractivity contribution in [3.8, 4) is 16.9 Å². The molecule has 0 aliphatic rings. The van der Waals surface area contributed by atoms with Gasteiger partial charge in [0.05, 0.1) is 6.20 Å². The summed E-state index contributed by atoms with van der Waals surface area (Å²) in [5.74, 6) is -0.270. The Labute approximate surface area is 107 Å².